The Morgan fingerprint density at radius 2 is 2.23 bits per heavy atom. The van der Waals surface area contributed by atoms with Crippen LogP contribution in [-0.2, 0) is 0 Å². The van der Waals surface area contributed by atoms with Crippen molar-refractivity contribution in [2.24, 2.45) is 0 Å². The van der Waals surface area contributed by atoms with E-state index in [0.717, 1.165) is 0 Å². The molecule has 0 saturated carbocycles. The van der Waals surface area contributed by atoms with Gasteiger partial charge in [-0.2, -0.15) is 5.26 Å². The van der Waals surface area contributed by atoms with Crippen molar-refractivity contribution in [2.75, 3.05) is 0 Å². The van der Waals surface area contributed by atoms with Gasteiger partial charge < -0.3 is 5.11 Å². The zero-order valence-corrected chi connectivity index (χ0v) is 8.76. The molecular weight excluding hydrogens is 254 g/mol. The number of carbonyl (C=O) groups is 1. The smallest absolute Gasteiger partial charge is 0.336 e. The van der Waals surface area contributed by atoms with E-state index >= 15 is 0 Å². The zero-order chi connectivity index (χ0) is 10.0. The van der Waals surface area contributed by atoms with E-state index in [1.165, 1.54) is 12.1 Å². The van der Waals surface area contributed by atoms with Gasteiger partial charge in [0.25, 0.3) is 0 Å². The number of nitriles is 1. The van der Waals surface area contributed by atoms with Crippen LogP contribution in [0.15, 0.2) is 21.5 Å². The third-order valence-corrected chi connectivity index (χ3v) is 2.46. The number of carboxylic acids is 1. The topological polar surface area (TPSA) is 61.1 Å². The fourth-order valence-corrected chi connectivity index (χ4v) is 1.57. The highest BCUT2D eigenvalue weighted by Gasteiger charge is 2.11. The Hall–Kier alpha value is -0.990. The van der Waals surface area contributed by atoms with Crippen molar-refractivity contribution in [3.63, 3.8) is 0 Å². The minimum absolute atomic E-state index is 0.101. The van der Waals surface area contributed by atoms with E-state index in [9.17, 15) is 4.79 Å². The van der Waals surface area contributed by atoms with Crippen LogP contribution in [0.1, 0.15) is 15.9 Å². The van der Waals surface area contributed by atoms with Crippen molar-refractivity contribution in [2.45, 2.75) is 4.90 Å². The fraction of sp³-hybridized carbons (Fsp3) is 0. The van der Waals surface area contributed by atoms with Crippen LogP contribution in [0.4, 0.5) is 0 Å². The van der Waals surface area contributed by atoms with E-state index in [-0.39, 0.29) is 5.56 Å². The molecule has 0 fully saturated rings. The summed E-state index contributed by atoms with van der Waals surface area (Å²) < 4.78 is 0.384. The van der Waals surface area contributed by atoms with Gasteiger partial charge in [-0.25, -0.2) is 4.79 Å². The van der Waals surface area contributed by atoms with Gasteiger partial charge in [0.2, 0.25) is 0 Å². The Kier molecular flexibility index (Phi) is 2.96. The van der Waals surface area contributed by atoms with Crippen LogP contribution in [-0.4, -0.2) is 11.1 Å². The molecule has 66 valence electrons. The van der Waals surface area contributed by atoms with E-state index in [2.05, 4.69) is 28.6 Å². The van der Waals surface area contributed by atoms with Crippen molar-refractivity contribution in [1.82, 2.24) is 0 Å². The summed E-state index contributed by atoms with van der Waals surface area (Å²) in [5.41, 5.74) is 0.448. The number of aromatic carboxylic acids is 1. The number of benzene rings is 1. The maximum Gasteiger partial charge on any atom is 0.336 e. The summed E-state index contributed by atoms with van der Waals surface area (Å²) in [7, 11) is 0. The molecule has 1 rings (SSSR count). The van der Waals surface area contributed by atoms with E-state index < -0.39 is 5.97 Å². The Labute approximate surface area is 88.5 Å². The van der Waals surface area contributed by atoms with E-state index in [1.54, 1.807) is 0 Å². The van der Waals surface area contributed by atoms with Gasteiger partial charge in [0.15, 0.2) is 0 Å². The molecule has 1 aromatic carbocycles. The number of carboxylic acid groups (broad SMARTS) is 1. The average molecular weight is 258 g/mol. The van der Waals surface area contributed by atoms with E-state index in [0.29, 0.717) is 14.9 Å². The highest BCUT2D eigenvalue weighted by molar-refractivity contribution is 9.10. The lowest BCUT2D eigenvalue weighted by molar-refractivity contribution is 0.0695. The summed E-state index contributed by atoms with van der Waals surface area (Å²) >= 11 is 7.04. The Bertz CT molecular complexity index is 411. The molecule has 1 aromatic rings. The van der Waals surface area contributed by atoms with Gasteiger partial charge in [0.1, 0.15) is 6.07 Å². The molecule has 3 nitrogen and oxygen atoms in total. The zero-order valence-electron chi connectivity index (χ0n) is 6.28. The molecule has 0 bridgehead atoms. The number of halogens is 1. The van der Waals surface area contributed by atoms with Crippen LogP contribution in [0.3, 0.4) is 0 Å². The molecule has 0 aliphatic carbocycles. The van der Waals surface area contributed by atoms with Gasteiger partial charge in [0.05, 0.1) is 11.1 Å². The molecule has 0 amide bonds. The van der Waals surface area contributed by atoms with Gasteiger partial charge in [-0.05, 0) is 28.1 Å². The van der Waals surface area contributed by atoms with E-state index in [1.807, 2.05) is 6.07 Å². The lowest BCUT2D eigenvalue weighted by Gasteiger charge is -2.01. The largest absolute Gasteiger partial charge is 0.478 e. The summed E-state index contributed by atoms with van der Waals surface area (Å²) in [5, 5.41) is 17.3. The second-order valence-corrected chi connectivity index (χ2v) is 3.60. The van der Waals surface area contributed by atoms with Gasteiger partial charge in [-0.3, -0.25) is 0 Å². The lowest BCUT2D eigenvalue weighted by Crippen LogP contribution is -1.98. The monoisotopic (exact) mass is 257 g/mol. The first kappa shape index (κ1) is 10.1. The van der Waals surface area contributed by atoms with Crippen LogP contribution in [0, 0.1) is 11.3 Å². The molecule has 0 radical (unpaired) electrons. The Balaban J connectivity index is 3.39. The van der Waals surface area contributed by atoms with Crippen molar-refractivity contribution in [3.8, 4) is 6.07 Å². The highest BCUT2D eigenvalue weighted by atomic mass is 79.9. The SMILES string of the molecule is N#Cc1cc(Br)c(C(=O)O)cc1S. The number of hydrogen-bond acceptors (Lipinski definition) is 3. The maximum absolute atomic E-state index is 10.6. The number of rotatable bonds is 1. The van der Waals surface area contributed by atoms with E-state index in [4.69, 9.17) is 10.4 Å². The maximum atomic E-state index is 10.6. The van der Waals surface area contributed by atoms with Crippen LogP contribution in [0.25, 0.3) is 0 Å². The molecule has 0 heterocycles. The summed E-state index contributed by atoms with van der Waals surface area (Å²) in [6.45, 7) is 0. The molecule has 0 atom stereocenters. The molecule has 0 spiro atoms. The summed E-state index contributed by atoms with van der Waals surface area (Å²) in [6, 6.07) is 4.68. The van der Waals surface area contributed by atoms with Crippen molar-refractivity contribution in [1.29, 1.82) is 5.26 Å². The quantitative estimate of drug-likeness (QED) is 0.760. The summed E-state index contributed by atoms with van der Waals surface area (Å²) in [6.07, 6.45) is 0. The second-order valence-electron chi connectivity index (χ2n) is 2.27. The van der Waals surface area contributed by atoms with Gasteiger partial charge >= 0.3 is 5.97 Å². The predicted octanol–water partition coefficient (Wildman–Crippen LogP) is 2.31. The van der Waals surface area contributed by atoms with Crippen molar-refractivity contribution < 1.29 is 9.90 Å². The third-order valence-electron chi connectivity index (χ3n) is 1.44. The van der Waals surface area contributed by atoms with Crippen LogP contribution >= 0.6 is 28.6 Å². The minimum Gasteiger partial charge on any atom is -0.478 e. The van der Waals surface area contributed by atoms with Gasteiger partial charge in [0, 0.05) is 9.37 Å². The molecule has 0 unspecified atom stereocenters. The molecule has 5 heteroatoms. The molecule has 0 aliphatic heterocycles. The lowest BCUT2D eigenvalue weighted by atomic mass is 10.1. The molecule has 0 aliphatic rings. The van der Waals surface area contributed by atoms with Gasteiger partial charge in [-0.1, -0.05) is 0 Å². The van der Waals surface area contributed by atoms with Crippen molar-refractivity contribution >= 4 is 34.5 Å². The van der Waals surface area contributed by atoms with Crippen LogP contribution < -0.4 is 0 Å². The number of hydrogen-bond donors (Lipinski definition) is 2. The number of nitrogens with zero attached hydrogens (tertiary/aromatic N) is 1. The second kappa shape index (κ2) is 3.81. The first-order valence-corrected chi connectivity index (χ1v) is 4.46. The molecular formula is C8H4BrNO2S. The van der Waals surface area contributed by atoms with Crippen molar-refractivity contribution in [3.05, 3.63) is 27.7 Å². The molecule has 0 aromatic heterocycles. The van der Waals surface area contributed by atoms with Crippen LogP contribution in [0.2, 0.25) is 0 Å². The molecule has 0 saturated heterocycles. The van der Waals surface area contributed by atoms with Crippen LogP contribution in [0.5, 0.6) is 0 Å². The summed E-state index contributed by atoms with van der Waals surface area (Å²) in [5.74, 6) is -1.05. The first-order valence-electron chi connectivity index (χ1n) is 3.22. The molecule has 1 N–H and O–H groups in total. The first-order chi connectivity index (χ1) is 6.06. The Morgan fingerprint density at radius 3 is 2.69 bits per heavy atom. The minimum atomic E-state index is -1.05. The predicted molar refractivity (Wildman–Crippen MR) is 53.1 cm³/mol. The Morgan fingerprint density at radius 1 is 1.62 bits per heavy atom. The molecule has 13 heavy (non-hydrogen) atoms. The standard InChI is InChI=1S/C8H4BrNO2S/c9-6-1-4(3-10)7(13)2-5(6)8(11)12/h1-2,13H,(H,11,12). The number of thiol groups is 1. The average Bonchev–Trinajstić information content (AvgIpc) is 2.07. The third kappa shape index (κ3) is 2.02. The highest BCUT2D eigenvalue weighted by Crippen LogP contribution is 2.23. The summed E-state index contributed by atoms with van der Waals surface area (Å²) in [4.78, 5) is 11.0. The normalized spacial score (nSPS) is 9.31. The fourth-order valence-electron chi connectivity index (χ4n) is 0.815. The van der Waals surface area contributed by atoms with Gasteiger partial charge in [-0.15, -0.1) is 12.6 Å².